The third-order valence-electron chi connectivity index (χ3n) is 3.68. The average molecular weight is 310 g/mol. The number of nitrogens with zero attached hydrogens (tertiary/aromatic N) is 3. The minimum atomic E-state index is -1.12. The van der Waals surface area contributed by atoms with Gasteiger partial charge in [-0.1, -0.05) is 11.6 Å². The van der Waals surface area contributed by atoms with Crippen LogP contribution in [0.5, 0.6) is 5.75 Å². The monoisotopic (exact) mass is 309 g/mol. The van der Waals surface area contributed by atoms with Gasteiger partial charge in [0, 0.05) is 6.54 Å². The van der Waals surface area contributed by atoms with E-state index in [0.29, 0.717) is 23.4 Å². The van der Waals surface area contributed by atoms with Crippen LogP contribution in [0.2, 0.25) is 5.02 Å². The van der Waals surface area contributed by atoms with Crippen molar-refractivity contribution in [1.29, 1.82) is 0 Å². The molecule has 1 aromatic heterocycles. The van der Waals surface area contributed by atoms with Gasteiger partial charge in [0.2, 0.25) is 0 Å². The van der Waals surface area contributed by atoms with Crippen LogP contribution in [0.4, 0.5) is 4.79 Å². The molecule has 1 aliphatic rings. The lowest BCUT2D eigenvalue weighted by molar-refractivity contribution is 0.197. The van der Waals surface area contributed by atoms with Crippen LogP contribution in [0.3, 0.4) is 0 Å². The van der Waals surface area contributed by atoms with E-state index in [-0.39, 0.29) is 5.02 Å². The minimum Gasteiger partial charge on any atom is -0.491 e. The molecule has 1 fully saturated rings. The normalized spacial score (nSPS) is 15.7. The fraction of sp³-hybridized carbons (Fsp3) is 0.429. The molecule has 1 aromatic carbocycles. The molecule has 0 amide bonds. The fourth-order valence-electron chi connectivity index (χ4n) is 2.59. The van der Waals surface area contributed by atoms with E-state index in [2.05, 4.69) is 9.88 Å². The molecule has 0 aliphatic carbocycles. The van der Waals surface area contributed by atoms with Gasteiger partial charge in [0.15, 0.2) is 0 Å². The Bertz CT molecular complexity index is 665. The van der Waals surface area contributed by atoms with Crippen LogP contribution in [0, 0.1) is 0 Å². The van der Waals surface area contributed by atoms with Crippen LogP contribution < -0.4 is 4.74 Å². The lowest BCUT2D eigenvalue weighted by atomic mass is 10.3. The van der Waals surface area contributed by atoms with Crippen molar-refractivity contribution in [3.8, 4) is 5.75 Å². The Morgan fingerprint density at radius 3 is 2.86 bits per heavy atom. The van der Waals surface area contributed by atoms with Gasteiger partial charge >= 0.3 is 6.09 Å². The highest BCUT2D eigenvalue weighted by Crippen LogP contribution is 2.32. The first-order valence-corrected chi connectivity index (χ1v) is 7.28. The molecule has 1 N–H and O–H groups in total. The maximum absolute atomic E-state index is 11.1. The highest BCUT2D eigenvalue weighted by Gasteiger charge is 2.16. The Balaban J connectivity index is 1.77. The van der Waals surface area contributed by atoms with E-state index in [9.17, 15) is 4.79 Å². The summed E-state index contributed by atoms with van der Waals surface area (Å²) in [5.74, 6) is 0.492. The Labute approximate surface area is 126 Å². The summed E-state index contributed by atoms with van der Waals surface area (Å²) in [5.41, 5.74) is 0.900. The van der Waals surface area contributed by atoms with Crippen molar-refractivity contribution in [2.75, 3.05) is 26.2 Å². The first-order chi connectivity index (χ1) is 10.2. The van der Waals surface area contributed by atoms with E-state index in [1.54, 1.807) is 12.1 Å². The predicted molar refractivity (Wildman–Crippen MR) is 79.3 cm³/mol. The van der Waals surface area contributed by atoms with Gasteiger partial charge in [-0.05, 0) is 38.1 Å². The summed E-state index contributed by atoms with van der Waals surface area (Å²) < 4.78 is 6.71. The molecule has 0 unspecified atom stereocenters. The third-order valence-corrected chi connectivity index (χ3v) is 4.05. The fourth-order valence-corrected chi connectivity index (χ4v) is 2.90. The minimum absolute atomic E-state index is 0.286. The number of imidazole rings is 1. The number of hydrogen-bond donors (Lipinski definition) is 1. The van der Waals surface area contributed by atoms with Gasteiger partial charge in [-0.2, -0.15) is 0 Å². The Kier molecular flexibility index (Phi) is 3.98. The molecule has 0 atom stereocenters. The summed E-state index contributed by atoms with van der Waals surface area (Å²) in [6.07, 6.45) is 2.61. The highest BCUT2D eigenvalue weighted by molar-refractivity contribution is 6.36. The summed E-state index contributed by atoms with van der Waals surface area (Å²) in [6.45, 7) is 3.61. The van der Waals surface area contributed by atoms with Gasteiger partial charge in [0.05, 0.1) is 5.52 Å². The predicted octanol–water partition coefficient (Wildman–Crippen LogP) is 2.69. The summed E-state index contributed by atoms with van der Waals surface area (Å²) in [7, 11) is 0. The van der Waals surface area contributed by atoms with Crippen LogP contribution >= 0.6 is 11.6 Å². The molecule has 7 heteroatoms. The zero-order valence-electron chi connectivity index (χ0n) is 11.5. The van der Waals surface area contributed by atoms with Crippen LogP contribution in [-0.4, -0.2) is 51.9 Å². The van der Waals surface area contributed by atoms with Gasteiger partial charge in [0.1, 0.15) is 29.2 Å². The molecule has 6 nitrogen and oxygen atoms in total. The van der Waals surface area contributed by atoms with Crippen molar-refractivity contribution in [1.82, 2.24) is 14.5 Å². The SMILES string of the molecule is O=C(O)n1cnc2ccc(OCCN3CCCC3)c(Cl)c21. The lowest BCUT2D eigenvalue weighted by Crippen LogP contribution is -2.25. The van der Waals surface area contributed by atoms with E-state index in [1.165, 1.54) is 19.2 Å². The van der Waals surface area contributed by atoms with Gasteiger partial charge in [0.25, 0.3) is 0 Å². The quantitative estimate of drug-likeness (QED) is 0.940. The number of rotatable bonds is 4. The molecule has 21 heavy (non-hydrogen) atoms. The maximum atomic E-state index is 11.1. The van der Waals surface area contributed by atoms with Gasteiger partial charge in [-0.3, -0.25) is 4.90 Å². The molecule has 0 saturated carbocycles. The van der Waals surface area contributed by atoms with E-state index in [0.717, 1.165) is 24.2 Å². The van der Waals surface area contributed by atoms with Crippen molar-refractivity contribution < 1.29 is 14.6 Å². The number of aromatic nitrogens is 2. The number of carbonyl (C=O) groups is 1. The summed E-state index contributed by atoms with van der Waals surface area (Å²) in [6, 6.07) is 3.44. The first-order valence-electron chi connectivity index (χ1n) is 6.91. The largest absolute Gasteiger partial charge is 0.491 e. The van der Waals surface area contributed by atoms with Crippen molar-refractivity contribution >= 4 is 28.7 Å². The molecule has 0 spiro atoms. The molecule has 0 bridgehead atoms. The second-order valence-electron chi connectivity index (χ2n) is 5.04. The maximum Gasteiger partial charge on any atom is 0.417 e. The Morgan fingerprint density at radius 1 is 1.38 bits per heavy atom. The number of hydrogen-bond acceptors (Lipinski definition) is 4. The standard InChI is InChI=1S/C14H16ClN3O3/c15-12-11(21-8-7-17-5-1-2-6-17)4-3-10-13(12)18(9-16-10)14(19)20/h3-4,9H,1-2,5-8H2,(H,19,20). The van der Waals surface area contributed by atoms with Gasteiger partial charge in [-0.15, -0.1) is 0 Å². The van der Waals surface area contributed by atoms with Crippen molar-refractivity contribution in [2.24, 2.45) is 0 Å². The molecule has 2 heterocycles. The molecular weight excluding hydrogens is 294 g/mol. The number of benzene rings is 1. The van der Waals surface area contributed by atoms with Crippen molar-refractivity contribution in [3.05, 3.63) is 23.5 Å². The van der Waals surface area contributed by atoms with Crippen molar-refractivity contribution in [2.45, 2.75) is 12.8 Å². The Hall–Kier alpha value is -1.79. The first kappa shape index (κ1) is 14.2. The molecule has 1 saturated heterocycles. The number of fused-ring (bicyclic) bond motifs is 1. The summed E-state index contributed by atoms with van der Waals surface area (Å²) in [4.78, 5) is 17.5. The lowest BCUT2D eigenvalue weighted by Gasteiger charge is -2.15. The average Bonchev–Trinajstić information content (AvgIpc) is 3.10. The number of halogens is 1. The van der Waals surface area contributed by atoms with Crippen LogP contribution in [0.25, 0.3) is 11.0 Å². The summed E-state index contributed by atoms with van der Waals surface area (Å²) in [5, 5.41) is 9.41. The smallest absolute Gasteiger partial charge is 0.417 e. The molecule has 112 valence electrons. The van der Waals surface area contributed by atoms with Crippen molar-refractivity contribution in [3.63, 3.8) is 0 Å². The molecule has 0 radical (unpaired) electrons. The highest BCUT2D eigenvalue weighted by atomic mass is 35.5. The second kappa shape index (κ2) is 5.91. The molecular formula is C14H16ClN3O3. The molecule has 1 aliphatic heterocycles. The number of carboxylic acid groups (broad SMARTS) is 1. The summed E-state index contributed by atoms with van der Waals surface area (Å²) >= 11 is 6.26. The number of ether oxygens (including phenoxy) is 1. The van der Waals surface area contributed by atoms with Gasteiger partial charge in [-0.25, -0.2) is 14.3 Å². The van der Waals surface area contributed by atoms with E-state index in [1.807, 2.05) is 0 Å². The van der Waals surface area contributed by atoms with Crippen LogP contribution in [-0.2, 0) is 0 Å². The topological polar surface area (TPSA) is 67.6 Å². The Morgan fingerprint density at radius 2 is 2.14 bits per heavy atom. The molecule has 3 rings (SSSR count). The second-order valence-corrected chi connectivity index (χ2v) is 5.42. The van der Waals surface area contributed by atoms with Crippen LogP contribution in [0.1, 0.15) is 12.8 Å². The zero-order chi connectivity index (χ0) is 14.8. The number of likely N-dealkylation sites (tertiary alicyclic amines) is 1. The third kappa shape index (κ3) is 2.82. The van der Waals surface area contributed by atoms with E-state index < -0.39 is 6.09 Å². The van der Waals surface area contributed by atoms with Crippen LogP contribution in [0.15, 0.2) is 18.5 Å². The zero-order valence-corrected chi connectivity index (χ0v) is 12.2. The van der Waals surface area contributed by atoms with E-state index in [4.69, 9.17) is 21.4 Å². The molecule has 2 aromatic rings. The van der Waals surface area contributed by atoms with E-state index >= 15 is 0 Å². The van der Waals surface area contributed by atoms with Gasteiger partial charge < -0.3 is 9.84 Å².